The van der Waals surface area contributed by atoms with Gasteiger partial charge in [0.1, 0.15) is 23.7 Å². The van der Waals surface area contributed by atoms with E-state index in [1.165, 1.54) is 42.6 Å². The number of aromatic nitrogens is 1. The van der Waals surface area contributed by atoms with Crippen molar-refractivity contribution in [2.45, 2.75) is 19.0 Å². The summed E-state index contributed by atoms with van der Waals surface area (Å²) < 4.78 is 31.8. The number of carbonyl (C=O) groups excluding carboxylic acids is 2. The fraction of sp³-hybridized carbons (Fsp3) is 0.150. The van der Waals surface area contributed by atoms with Gasteiger partial charge in [-0.15, -0.1) is 0 Å². The Balaban J connectivity index is 1.55. The zero-order valence-corrected chi connectivity index (χ0v) is 14.8. The van der Waals surface area contributed by atoms with Crippen molar-refractivity contribution in [2.75, 3.05) is 0 Å². The molecule has 1 aliphatic rings. The molecule has 8 heteroatoms. The Morgan fingerprint density at radius 3 is 2.29 bits per heavy atom. The van der Waals surface area contributed by atoms with E-state index in [1.54, 1.807) is 19.1 Å². The second kappa shape index (κ2) is 6.56. The maximum absolute atomic E-state index is 13.2. The van der Waals surface area contributed by atoms with Crippen LogP contribution in [0.25, 0.3) is 11.3 Å². The Labute approximate surface area is 158 Å². The Kier molecular flexibility index (Phi) is 4.18. The van der Waals surface area contributed by atoms with Crippen molar-refractivity contribution in [3.63, 3.8) is 0 Å². The molecule has 0 radical (unpaired) electrons. The fourth-order valence-electron chi connectivity index (χ4n) is 3.09. The summed E-state index contributed by atoms with van der Waals surface area (Å²) in [6, 6.07) is 10.4. The lowest BCUT2D eigenvalue weighted by atomic mass is 9.92. The number of amides is 3. The third kappa shape index (κ3) is 3.02. The molecule has 3 aromatic rings. The molecule has 0 aliphatic carbocycles. The predicted octanol–water partition coefficient (Wildman–Crippen LogP) is 3.59. The predicted molar refractivity (Wildman–Crippen MR) is 94.7 cm³/mol. The smallest absolute Gasteiger partial charge is 0.325 e. The van der Waals surface area contributed by atoms with Gasteiger partial charge in [0.15, 0.2) is 5.76 Å². The lowest BCUT2D eigenvalue weighted by Gasteiger charge is -2.21. The summed E-state index contributed by atoms with van der Waals surface area (Å²) in [5, 5.41) is 2.63. The number of oxazole rings is 1. The molecule has 2 aromatic carbocycles. The molecule has 2 heterocycles. The highest BCUT2D eigenvalue weighted by molar-refractivity contribution is 6.07. The summed E-state index contributed by atoms with van der Waals surface area (Å²) in [6.45, 7) is 1.39. The summed E-state index contributed by atoms with van der Waals surface area (Å²) >= 11 is 0. The Morgan fingerprint density at radius 1 is 1.04 bits per heavy atom. The highest BCUT2D eigenvalue weighted by Crippen LogP contribution is 2.30. The number of benzene rings is 2. The van der Waals surface area contributed by atoms with E-state index in [-0.39, 0.29) is 18.3 Å². The Hall–Kier alpha value is -3.55. The highest BCUT2D eigenvalue weighted by Gasteiger charge is 2.49. The second-order valence-corrected chi connectivity index (χ2v) is 6.58. The molecule has 1 unspecified atom stereocenters. The molecule has 142 valence electrons. The van der Waals surface area contributed by atoms with Crippen LogP contribution in [-0.2, 0) is 16.9 Å². The lowest BCUT2D eigenvalue weighted by molar-refractivity contribution is -0.131. The molecule has 0 saturated carbocycles. The Morgan fingerprint density at radius 2 is 1.64 bits per heavy atom. The van der Waals surface area contributed by atoms with Gasteiger partial charge in [-0.2, -0.15) is 0 Å². The summed E-state index contributed by atoms with van der Waals surface area (Å²) in [4.78, 5) is 30.3. The average Bonchev–Trinajstić information content (AvgIpc) is 3.22. The lowest BCUT2D eigenvalue weighted by Crippen LogP contribution is -2.40. The molecule has 28 heavy (non-hydrogen) atoms. The minimum Gasteiger partial charge on any atom is -0.439 e. The topological polar surface area (TPSA) is 75.4 Å². The van der Waals surface area contributed by atoms with Crippen molar-refractivity contribution < 1.29 is 22.8 Å². The van der Waals surface area contributed by atoms with Gasteiger partial charge in [0.2, 0.25) is 5.89 Å². The van der Waals surface area contributed by atoms with E-state index in [9.17, 15) is 18.4 Å². The zero-order chi connectivity index (χ0) is 19.9. The molecule has 1 saturated heterocycles. The summed E-state index contributed by atoms with van der Waals surface area (Å²) in [5.41, 5.74) is -0.223. The van der Waals surface area contributed by atoms with Crippen LogP contribution >= 0.6 is 0 Å². The van der Waals surface area contributed by atoms with Gasteiger partial charge in [0.05, 0.1) is 6.20 Å². The third-order valence-electron chi connectivity index (χ3n) is 4.67. The first kappa shape index (κ1) is 17.8. The number of rotatable bonds is 4. The number of nitrogens with one attached hydrogen (secondary N) is 1. The van der Waals surface area contributed by atoms with Crippen LogP contribution in [0.1, 0.15) is 18.4 Å². The maximum Gasteiger partial charge on any atom is 0.325 e. The minimum atomic E-state index is -1.31. The highest BCUT2D eigenvalue weighted by atomic mass is 19.1. The van der Waals surface area contributed by atoms with Crippen molar-refractivity contribution >= 4 is 11.9 Å². The van der Waals surface area contributed by atoms with Crippen molar-refractivity contribution in [1.29, 1.82) is 0 Å². The van der Waals surface area contributed by atoms with E-state index in [0.29, 0.717) is 16.9 Å². The van der Waals surface area contributed by atoms with Gasteiger partial charge in [0.25, 0.3) is 5.91 Å². The number of carbonyl (C=O) groups is 2. The normalized spacial score (nSPS) is 19.2. The number of hydrogen-bond donors (Lipinski definition) is 1. The van der Waals surface area contributed by atoms with Crippen LogP contribution < -0.4 is 5.32 Å². The number of nitrogens with zero attached hydrogens (tertiary/aromatic N) is 2. The van der Waals surface area contributed by atoms with Gasteiger partial charge >= 0.3 is 6.03 Å². The molecule has 1 N–H and O–H groups in total. The van der Waals surface area contributed by atoms with Crippen molar-refractivity contribution in [3.05, 3.63) is 77.8 Å². The van der Waals surface area contributed by atoms with Gasteiger partial charge < -0.3 is 9.73 Å². The monoisotopic (exact) mass is 383 g/mol. The first-order valence-corrected chi connectivity index (χ1v) is 8.47. The summed E-state index contributed by atoms with van der Waals surface area (Å²) in [7, 11) is 0. The Bertz CT molecular complexity index is 1050. The van der Waals surface area contributed by atoms with Gasteiger partial charge in [-0.3, -0.25) is 9.69 Å². The van der Waals surface area contributed by atoms with Gasteiger partial charge in [0, 0.05) is 5.56 Å². The SMILES string of the molecule is CC1(c2ccc(F)cc2)NC(=O)N(Cc2ncc(-c3ccc(F)cc3)o2)C1=O. The molecule has 0 bridgehead atoms. The van der Waals surface area contributed by atoms with Crippen molar-refractivity contribution in [1.82, 2.24) is 15.2 Å². The number of halogens is 2. The van der Waals surface area contributed by atoms with E-state index in [2.05, 4.69) is 10.3 Å². The van der Waals surface area contributed by atoms with Crippen LogP contribution in [0.5, 0.6) is 0 Å². The van der Waals surface area contributed by atoms with Crippen LogP contribution in [0.2, 0.25) is 0 Å². The average molecular weight is 383 g/mol. The standard InChI is InChI=1S/C20H15F2N3O3/c1-20(13-4-8-15(22)9-5-13)18(26)25(19(27)24-20)11-17-23-10-16(28-17)12-2-6-14(21)7-3-12/h2-10H,11H2,1H3,(H,24,27). The summed E-state index contributed by atoms with van der Waals surface area (Å²) in [5.74, 6) is -0.753. The van der Waals surface area contributed by atoms with E-state index in [4.69, 9.17) is 4.42 Å². The first-order valence-electron chi connectivity index (χ1n) is 8.47. The van der Waals surface area contributed by atoms with Gasteiger partial charge in [-0.25, -0.2) is 18.6 Å². The maximum atomic E-state index is 13.2. The molecule has 1 aromatic heterocycles. The molecule has 1 aliphatic heterocycles. The molecule has 1 fully saturated rings. The molecular formula is C20H15F2N3O3. The van der Waals surface area contributed by atoms with Crippen LogP contribution in [0, 0.1) is 11.6 Å². The molecule has 1 atom stereocenters. The van der Waals surface area contributed by atoms with Gasteiger partial charge in [-0.1, -0.05) is 12.1 Å². The van der Waals surface area contributed by atoms with E-state index < -0.39 is 23.3 Å². The van der Waals surface area contributed by atoms with E-state index >= 15 is 0 Å². The van der Waals surface area contributed by atoms with Crippen molar-refractivity contribution in [3.8, 4) is 11.3 Å². The van der Waals surface area contributed by atoms with Gasteiger partial charge in [-0.05, 0) is 48.9 Å². The third-order valence-corrected chi connectivity index (χ3v) is 4.67. The van der Waals surface area contributed by atoms with E-state index in [0.717, 1.165) is 4.90 Å². The quantitative estimate of drug-likeness (QED) is 0.699. The number of urea groups is 1. The van der Waals surface area contributed by atoms with E-state index in [1.807, 2.05) is 0 Å². The molecular weight excluding hydrogens is 368 g/mol. The number of hydrogen-bond acceptors (Lipinski definition) is 4. The second-order valence-electron chi connectivity index (χ2n) is 6.58. The largest absolute Gasteiger partial charge is 0.439 e. The number of imide groups is 1. The van der Waals surface area contributed by atoms with Crippen LogP contribution in [0.15, 0.2) is 59.1 Å². The van der Waals surface area contributed by atoms with Crippen LogP contribution in [0.3, 0.4) is 0 Å². The molecule has 0 spiro atoms. The molecule has 4 rings (SSSR count). The molecule has 3 amide bonds. The van der Waals surface area contributed by atoms with Crippen LogP contribution in [0.4, 0.5) is 13.6 Å². The fourth-order valence-corrected chi connectivity index (χ4v) is 3.09. The summed E-state index contributed by atoms with van der Waals surface area (Å²) in [6.07, 6.45) is 1.44. The first-order chi connectivity index (χ1) is 13.4. The van der Waals surface area contributed by atoms with Crippen molar-refractivity contribution in [2.24, 2.45) is 0 Å². The van der Waals surface area contributed by atoms with Crippen LogP contribution in [-0.4, -0.2) is 21.8 Å². The zero-order valence-electron chi connectivity index (χ0n) is 14.8. The minimum absolute atomic E-state index is 0.159. The molecule has 6 nitrogen and oxygen atoms in total.